The van der Waals surface area contributed by atoms with Crippen molar-refractivity contribution in [3.8, 4) is 5.69 Å². The van der Waals surface area contributed by atoms with Gasteiger partial charge in [-0.15, -0.1) is 0 Å². The first-order valence-electron chi connectivity index (χ1n) is 8.89. The van der Waals surface area contributed by atoms with E-state index in [0.717, 1.165) is 27.7 Å². The second-order valence-corrected chi connectivity index (χ2v) is 6.65. The summed E-state index contributed by atoms with van der Waals surface area (Å²) < 4.78 is 1.71. The number of H-pyrrole nitrogens is 1. The van der Waals surface area contributed by atoms with Crippen molar-refractivity contribution in [1.82, 2.24) is 24.6 Å². The molecule has 0 aliphatic carbocycles. The van der Waals surface area contributed by atoms with Crippen molar-refractivity contribution < 1.29 is 4.79 Å². The van der Waals surface area contributed by atoms with E-state index in [1.54, 1.807) is 15.9 Å². The molecule has 1 amide bonds. The zero-order valence-electron chi connectivity index (χ0n) is 15.3. The molecule has 4 rings (SSSR count). The molecule has 1 N–H and O–H groups in total. The van der Waals surface area contributed by atoms with Crippen LogP contribution in [0.15, 0.2) is 67.4 Å². The van der Waals surface area contributed by atoms with Gasteiger partial charge in [0.2, 0.25) is 5.91 Å². The zero-order chi connectivity index (χ0) is 18.8. The van der Waals surface area contributed by atoms with E-state index < -0.39 is 0 Å². The van der Waals surface area contributed by atoms with Crippen LogP contribution in [0.3, 0.4) is 0 Å². The molecule has 2 aromatic heterocycles. The fourth-order valence-electron chi connectivity index (χ4n) is 3.25. The minimum atomic E-state index is -0.0208. The van der Waals surface area contributed by atoms with E-state index in [0.29, 0.717) is 6.42 Å². The molecule has 0 saturated heterocycles. The molecule has 2 aromatic carbocycles. The Morgan fingerprint density at radius 1 is 1.19 bits per heavy atom. The number of rotatable bonds is 5. The summed E-state index contributed by atoms with van der Waals surface area (Å²) in [5, 5.41) is 5.23. The first kappa shape index (κ1) is 17.0. The van der Waals surface area contributed by atoms with Crippen molar-refractivity contribution in [3.05, 3.63) is 78.5 Å². The molecule has 0 spiro atoms. The smallest absolute Gasteiger partial charge is 0.227 e. The van der Waals surface area contributed by atoms with Gasteiger partial charge in [-0.05, 0) is 36.2 Å². The van der Waals surface area contributed by atoms with Crippen molar-refractivity contribution in [2.45, 2.75) is 19.4 Å². The predicted molar refractivity (Wildman–Crippen MR) is 105 cm³/mol. The van der Waals surface area contributed by atoms with Gasteiger partial charge in [0.15, 0.2) is 0 Å². The predicted octanol–water partition coefficient (Wildman–Crippen LogP) is 3.51. The number of likely N-dealkylation sites (N-methyl/N-ethyl adjacent to an activating group) is 1. The highest BCUT2D eigenvalue weighted by molar-refractivity contribution is 5.88. The highest BCUT2D eigenvalue weighted by Crippen LogP contribution is 2.23. The van der Waals surface area contributed by atoms with Crippen LogP contribution in [0, 0.1) is 0 Å². The average molecular weight is 359 g/mol. The van der Waals surface area contributed by atoms with Crippen LogP contribution in [0.2, 0.25) is 0 Å². The topological polar surface area (TPSA) is 66.8 Å². The lowest BCUT2D eigenvalue weighted by atomic mass is 10.1. The molecule has 4 aromatic rings. The van der Waals surface area contributed by atoms with Crippen LogP contribution in [0.1, 0.15) is 24.1 Å². The number of nitrogens with zero attached hydrogens (tertiary/aromatic N) is 4. The Bertz CT molecular complexity index is 1050. The molecule has 6 nitrogen and oxygen atoms in total. The van der Waals surface area contributed by atoms with Crippen LogP contribution < -0.4 is 0 Å². The third-order valence-electron chi connectivity index (χ3n) is 5.05. The quantitative estimate of drug-likeness (QED) is 0.593. The molecule has 0 bridgehead atoms. The summed E-state index contributed by atoms with van der Waals surface area (Å²) in [6.45, 7) is 2.04. The Labute approximate surface area is 157 Å². The fraction of sp³-hybridized carbons (Fsp3) is 0.190. The number of para-hydroxylation sites is 1. The van der Waals surface area contributed by atoms with E-state index in [2.05, 4.69) is 15.1 Å². The molecule has 0 aliphatic rings. The number of amides is 1. The minimum absolute atomic E-state index is 0.0208. The van der Waals surface area contributed by atoms with E-state index in [9.17, 15) is 4.79 Å². The van der Waals surface area contributed by atoms with Gasteiger partial charge in [0, 0.05) is 24.1 Å². The molecule has 1 atom stereocenters. The minimum Gasteiger partial charge on any atom is -0.361 e. The molecule has 0 fully saturated rings. The molecular formula is C21H21N5O. The van der Waals surface area contributed by atoms with Gasteiger partial charge in [0.05, 0.1) is 18.2 Å². The summed E-state index contributed by atoms with van der Waals surface area (Å²) in [6, 6.07) is 16.0. The van der Waals surface area contributed by atoms with Gasteiger partial charge in [0.25, 0.3) is 0 Å². The Hall–Kier alpha value is -3.41. The molecule has 0 aliphatic heterocycles. The van der Waals surface area contributed by atoms with E-state index in [-0.39, 0.29) is 11.9 Å². The Kier molecular flexibility index (Phi) is 4.46. The number of aromatic nitrogens is 4. The van der Waals surface area contributed by atoms with Crippen molar-refractivity contribution in [3.63, 3.8) is 0 Å². The monoisotopic (exact) mass is 359 g/mol. The second kappa shape index (κ2) is 7.07. The van der Waals surface area contributed by atoms with Gasteiger partial charge < -0.3 is 9.88 Å². The number of fused-ring (bicyclic) bond motifs is 1. The van der Waals surface area contributed by atoms with E-state index in [1.807, 2.05) is 68.7 Å². The summed E-state index contributed by atoms with van der Waals surface area (Å²) in [5.74, 6) is 0.0904. The third-order valence-corrected chi connectivity index (χ3v) is 5.05. The second-order valence-electron chi connectivity index (χ2n) is 6.65. The van der Waals surface area contributed by atoms with Gasteiger partial charge in [0.1, 0.15) is 12.7 Å². The average Bonchev–Trinajstić information content (AvgIpc) is 3.38. The van der Waals surface area contributed by atoms with E-state index in [1.165, 1.54) is 6.33 Å². The Morgan fingerprint density at radius 3 is 2.70 bits per heavy atom. The maximum atomic E-state index is 12.8. The maximum absolute atomic E-state index is 12.8. The molecule has 2 heterocycles. The molecule has 0 radical (unpaired) electrons. The number of hydrogen-bond donors (Lipinski definition) is 1. The number of hydrogen-bond acceptors (Lipinski definition) is 3. The van der Waals surface area contributed by atoms with Crippen LogP contribution in [-0.2, 0) is 11.2 Å². The SMILES string of the molecule is C[C@@H](c1ccc(-n2cncn2)cc1)N(C)C(=O)Cc1c[nH]c2ccccc12. The molecule has 136 valence electrons. The number of nitrogens with one attached hydrogen (secondary N) is 1. The van der Waals surface area contributed by atoms with Gasteiger partial charge in [-0.3, -0.25) is 4.79 Å². The van der Waals surface area contributed by atoms with Crippen molar-refractivity contribution in [2.24, 2.45) is 0 Å². The van der Waals surface area contributed by atoms with Crippen molar-refractivity contribution in [1.29, 1.82) is 0 Å². The lowest BCUT2D eigenvalue weighted by Gasteiger charge is -2.25. The molecular weight excluding hydrogens is 338 g/mol. The van der Waals surface area contributed by atoms with Crippen LogP contribution in [0.25, 0.3) is 16.6 Å². The maximum Gasteiger partial charge on any atom is 0.227 e. The summed E-state index contributed by atoms with van der Waals surface area (Å²) in [6.07, 6.45) is 5.47. The first-order chi connectivity index (χ1) is 13.1. The number of carbonyl (C=O) groups is 1. The highest BCUT2D eigenvalue weighted by Gasteiger charge is 2.19. The van der Waals surface area contributed by atoms with Crippen molar-refractivity contribution >= 4 is 16.8 Å². The van der Waals surface area contributed by atoms with Gasteiger partial charge in [-0.1, -0.05) is 30.3 Å². The summed E-state index contributed by atoms with van der Waals surface area (Å²) in [4.78, 5) is 21.8. The summed E-state index contributed by atoms with van der Waals surface area (Å²) in [7, 11) is 1.85. The third kappa shape index (κ3) is 3.33. The molecule has 0 unspecified atom stereocenters. The number of aromatic amines is 1. The van der Waals surface area contributed by atoms with E-state index >= 15 is 0 Å². The Morgan fingerprint density at radius 2 is 1.96 bits per heavy atom. The van der Waals surface area contributed by atoms with Crippen LogP contribution >= 0.6 is 0 Å². The van der Waals surface area contributed by atoms with Crippen molar-refractivity contribution in [2.75, 3.05) is 7.05 Å². The van der Waals surface area contributed by atoms with Gasteiger partial charge >= 0.3 is 0 Å². The highest BCUT2D eigenvalue weighted by atomic mass is 16.2. The normalized spacial score (nSPS) is 12.2. The molecule has 0 saturated carbocycles. The van der Waals surface area contributed by atoms with Crippen LogP contribution in [0.5, 0.6) is 0 Å². The number of carbonyl (C=O) groups excluding carboxylic acids is 1. The van der Waals surface area contributed by atoms with Crippen LogP contribution in [0.4, 0.5) is 0 Å². The summed E-state index contributed by atoms with van der Waals surface area (Å²) >= 11 is 0. The van der Waals surface area contributed by atoms with Gasteiger partial charge in [-0.2, -0.15) is 5.10 Å². The molecule has 27 heavy (non-hydrogen) atoms. The Balaban J connectivity index is 1.48. The standard InChI is InChI=1S/C21H21N5O/c1-15(16-7-9-18(10-8-16)26-14-22-13-24-26)25(2)21(27)11-17-12-23-20-6-4-3-5-19(17)20/h3-10,12-15,23H,11H2,1-2H3/t15-/m0/s1. The lowest BCUT2D eigenvalue weighted by Crippen LogP contribution is -2.30. The van der Waals surface area contributed by atoms with Gasteiger partial charge in [-0.25, -0.2) is 9.67 Å². The number of benzene rings is 2. The largest absolute Gasteiger partial charge is 0.361 e. The van der Waals surface area contributed by atoms with E-state index in [4.69, 9.17) is 0 Å². The first-order valence-corrected chi connectivity index (χ1v) is 8.89. The summed E-state index contributed by atoms with van der Waals surface area (Å²) in [5.41, 5.74) is 4.10. The lowest BCUT2D eigenvalue weighted by molar-refractivity contribution is -0.131. The zero-order valence-corrected chi connectivity index (χ0v) is 15.3. The fourth-order valence-corrected chi connectivity index (χ4v) is 3.25. The molecule has 6 heteroatoms. The van der Waals surface area contributed by atoms with Crippen LogP contribution in [-0.4, -0.2) is 37.6 Å².